The highest BCUT2D eigenvalue weighted by Gasteiger charge is 2.22. The number of nitrogens with one attached hydrogen (secondary N) is 1. The molecule has 1 aromatic carbocycles. The molecule has 3 heterocycles. The highest BCUT2D eigenvalue weighted by Crippen LogP contribution is 2.22. The summed E-state index contributed by atoms with van der Waals surface area (Å²) in [6.45, 7) is 5.33. The van der Waals surface area contributed by atoms with Crippen molar-refractivity contribution in [3.8, 4) is 5.69 Å². The number of aryl methyl sites for hydroxylation is 1. The van der Waals surface area contributed by atoms with Crippen molar-refractivity contribution >= 4 is 23.4 Å². The van der Waals surface area contributed by atoms with Crippen molar-refractivity contribution in [2.75, 3.05) is 17.7 Å². The number of rotatable bonds is 8. The molecule has 1 amide bonds. The third-order valence-electron chi connectivity index (χ3n) is 5.67. The number of carbonyl (C=O) groups is 1. The normalized spacial score (nSPS) is 15.9. The van der Waals surface area contributed by atoms with E-state index in [1.165, 1.54) is 11.8 Å². The van der Waals surface area contributed by atoms with Gasteiger partial charge in [-0.2, -0.15) is 0 Å². The lowest BCUT2D eigenvalue weighted by Crippen LogP contribution is -2.23. The Kier molecular flexibility index (Phi) is 6.80. The minimum atomic E-state index is -0.260. The van der Waals surface area contributed by atoms with Gasteiger partial charge in [-0.15, -0.1) is 10.2 Å². The second-order valence-electron chi connectivity index (χ2n) is 7.77. The number of amides is 1. The Bertz CT molecular complexity index is 1140. The summed E-state index contributed by atoms with van der Waals surface area (Å²) in [5.74, 6) is 0.755. The zero-order valence-electron chi connectivity index (χ0n) is 18.6. The predicted molar refractivity (Wildman–Crippen MR) is 123 cm³/mol. The Morgan fingerprint density at radius 3 is 2.75 bits per heavy atom. The molecule has 10 heteroatoms. The number of thioether (sulfide) groups is 1. The molecule has 0 radical (unpaired) electrons. The highest BCUT2D eigenvalue weighted by molar-refractivity contribution is 7.99. The molecule has 32 heavy (non-hydrogen) atoms. The van der Waals surface area contributed by atoms with E-state index in [9.17, 15) is 9.59 Å². The van der Waals surface area contributed by atoms with E-state index in [-0.39, 0.29) is 29.0 Å². The molecule has 2 aromatic heterocycles. The Hall–Kier alpha value is -2.85. The lowest BCUT2D eigenvalue weighted by Gasteiger charge is -2.14. The smallest absolute Gasteiger partial charge is 0.295 e. The zero-order valence-corrected chi connectivity index (χ0v) is 19.4. The van der Waals surface area contributed by atoms with E-state index in [4.69, 9.17) is 4.74 Å². The standard InChI is InChI=1S/C22H28N6O3S/c1-4-18-24-25-22(27(18)13-17-11-8-12-31-17)32-14-19(29)23-20-15(2)26(3)28(21(20)30)16-9-6-5-7-10-16/h5-7,9-10,17H,4,8,11-14H2,1-3H3,(H,23,29). The Morgan fingerprint density at radius 2 is 2.06 bits per heavy atom. The number of carbonyl (C=O) groups excluding carboxylic acids is 1. The maximum Gasteiger partial charge on any atom is 0.295 e. The lowest BCUT2D eigenvalue weighted by molar-refractivity contribution is -0.113. The highest BCUT2D eigenvalue weighted by atomic mass is 32.2. The van der Waals surface area contributed by atoms with Crippen LogP contribution in [-0.4, -0.2) is 48.5 Å². The fourth-order valence-corrected chi connectivity index (χ4v) is 4.65. The average molecular weight is 457 g/mol. The molecule has 1 saturated heterocycles. The molecule has 0 saturated carbocycles. The number of anilines is 1. The Labute approximate surface area is 190 Å². The maximum absolute atomic E-state index is 13.0. The van der Waals surface area contributed by atoms with Crippen LogP contribution in [0.15, 0.2) is 40.3 Å². The van der Waals surface area contributed by atoms with Crippen molar-refractivity contribution in [1.29, 1.82) is 0 Å². The van der Waals surface area contributed by atoms with Crippen molar-refractivity contribution in [3.05, 3.63) is 52.2 Å². The monoisotopic (exact) mass is 456 g/mol. The van der Waals surface area contributed by atoms with Crippen LogP contribution >= 0.6 is 11.8 Å². The lowest BCUT2D eigenvalue weighted by atomic mass is 10.2. The molecule has 1 unspecified atom stereocenters. The summed E-state index contributed by atoms with van der Waals surface area (Å²) in [5.41, 5.74) is 1.46. The quantitative estimate of drug-likeness (QED) is 0.524. The van der Waals surface area contributed by atoms with Gasteiger partial charge in [0.15, 0.2) is 5.16 Å². The number of para-hydroxylation sites is 1. The summed E-state index contributed by atoms with van der Waals surface area (Å²) in [5, 5.41) is 12.0. The molecular weight excluding hydrogens is 428 g/mol. The zero-order chi connectivity index (χ0) is 22.7. The van der Waals surface area contributed by atoms with Crippen LogP contribution in [0.3, 0.4) is 0 Å². The van der Waals surface area contributed by atoms with Crippen LogP contribution in [0.4, 0.5) is 5.69 Å². The van der Waals surface area contributed by atoms with Gasteiger partial charge in [0.25, 0.3) is 5.56 Å². The van der Waals surface area contributed by atoms with Crippen LogP contribution in [0.5, 0.6) is 0 Å². The van der Waals surface area contributed by atoms with Crippen molar-refractivity contribution < 1.29 is 9.53 Å². The molecule has 4 rings (SSSR count). The first kappa shape index (κ1) is 22.3. The second kappa shape index (κ2) is 9.74. The van der Waals surface area contributed by atoms with E-state index in [0.717, 1.165) is 37.4 Å². The largest absolute Gasteiger partial charge is 0.376 e. The molecule has 0 spiro atoms. The fourth-order valence-electron chi connectivity index (χ4n) is 3.88. The van der Waals surface area contributed by atoms with Gasteiger partial charge in [0.1, 0.15) is 11.5 Å². The number of ether oxygens (including phenoxy) is 1. The van der Waals surface area contributed by atoms with E-state index in [1.54, 1.807) is 16.4 Å². The topological polar surface area (TPSA) is 96.0 Å². The molecule has 1 atom stereocenters. The summed E-state index contributed by atoms with van der Waals surface area (Å²) in [4.78, 5) is 25.7. The molecule has 1 aliphatic heterocycles. The number of aromatic nitrogens is 5. The summed E-state index contributed by atoms with van der Waals surface area (Å²) >= 11 is 1.32. The van der Waals surface area contributed by atoms with Gasteiger partial charge in [-0.25, -0.2) is 4.68 Å². The van der Waals surface area contributed by atoms with Gasteiger partial charge in [0.05, 0.1) is 29.8 Å². The summed E-state index contributed by atoms with van der Waals surface area (Å²) < 4.78 is 11.1. The van der Waals surface area contributed by atoms with Gasteiger partial charge in [-0.1, -0.05) is 36.9 Å². The molecule has 170 valence electrons. The molecule has 1 fully saturated rings. The van der Waals surface area contributed by atoms with Crippen LogP contribution in [-0.2, 0) is 29.5 Å². The van der Waals surface area contributed by atoms with Crippen molar-refractivity contribution in [2.24, 2.45) is 7.05 Å². The maximum atomic E-state index is 13.0. The van der Waals surface area contributed by atoms with Gasteiger partial charge in [-0.05, 0) is 31.9 Å². The Morgan fingerprint density at radius 1 is 1.28 bits per heavy atom. The summed E-state index contributed by atoms with van der Waals surface area (Å²) in [7, 11) is 1.80. The van der Waals surface area contributed by atoms with Crippen LogP contribution in [0, 0.1) is 6.92 Å². The van der Waals surface area contributed by atoms with E-state index in [1.807, 2.05) is 48.7 Å². The van der Waals surface area contributed by atoms with E-state index < -0.39 is 0 Å². The van der Waals surface area contributed by atoms with E-state index in [2.05, 4.69) is 15.5 Å². The van der Waals surface area contributed by atoms with Gasteiger partial charge in [0, 0.05) is 20.1 Å². The predicted octanol–water partition coefficient (Wildman–Crippen LogP) is 2.55. The van der Waals surface area contributed by atoms with Gasteiger partial charge in [-0.3, -0.25) is 14.3 Å². The SMILES string of the molecule is CCc1nnc(SCC(=O)Nc2c(C)n(C)n(-c3ccccc3)c2=O)n1CC1CCCO1. The summed E-state index contributed by atoms with van der Waals surface area (Å²) in [6, 6.07) is 9.35. The molecule has 9 nitrogen and oxygen atoms in total. The third kappa shape index (κ3) is 4.51. The first-order valence-electron chi connectivity index (χ1n) is 10.8. The summed E-state index contributed by atoms with van der Waals surface area (Å²) in [6.07, 6.45) is 3.01. The third-order valence-corrected chi connectivity index (χ3v) is 6.64. The average Bonchev–Trinajstić information content (AvgIpc) is 3.50. The fraction of sp³-hybridized carbons (Fsp3) is 0.455. The molecular formula is C22H28N6O3S. The number of hydrogen-bond donors (Lipinski definition) is 1. The number of nitrogens with zero attached hydrogens (tertiary/aromatic N) is 5. The number of benzene rings is 1. The molecule has 1 aliphatic rings. The number of hydrogen-bond acceptors (Lipinski definition) is 6. The van der Waals surface area contributed by atoms with Crippen molar-refractivity contribution in [3.63, 3.8) is 0 Å². The molecule has 0 bridgehead atoms. The Balaban J connectivity index is 1.46. The molecule has 0 aliphatic carbocycles. The molecule has 1 N–H and O–H groups in total. The first-order chi connectivity index (χ1) is 15.5. The first-order valence-corrected chi connectivity index (χ1v) is 11.8. The van der Waals surface area contributed by atoms with Crippen LogP contribution < -0.4 is 10.9 Å². The van der Waals surface area contributed by atoms with Crippen LogP contribution in [0.25, 0.3) is 5.69 Å². The van der Waals surface area contributed by atoms with Gasteiger partial charge in [0.2, 0.25) is 5.91 Å². The minimum Gasteiger partial charge on any atom is -0.376 e. The van der Waals surface area contributed by atoms with Gasteiger partial charge >= 0.3 is 0 Å². The van der Waals surface area contributed by atoms with Crippen molar-refractivity contribution in [2.45, 2.75) is 50.9 Å². The second-order valence-corrected chi connectivity index (χ2v) is 8.71. The van der Waals surface area contributed by atoms with Crippen molar-refractivity contribution in [1.82, 2.24) is 24.1 Å². The van der Waals surface area contributed by atoms with E-state index in [0.29, 0.717) is 17.4 Å². The van der Waals surface area contributed by atoms with Crippen LogP contribution in [0.2, 0.25) is 0 Å². The molecule has 3 aromatic rings. The van der Waals surface area contributed by atoms with Gasteiger partial charge < -0.3 is 14.6 Å². The minimum absolute atomic E-state index is 0.131. The van der Waals surface area contributed by atoms with E-state index >= 15 is 0 Å². The van der Waals surface area contributed by atoms with Crippen LogP contribution in [0.1, 0.15) is 31.3 Å².